The zero-order valence-electron chi connectivity index (χ0n) is 8.55. The van der Waals surface area contributed by atoms with Crippen molar-refractivity contribution in [3.05, 3.63) is 16.1 Å². The molecule has 0 saturated carbocycles. The standard InChI is InChI=1S/C9H16N2OS/c1-7-11-8(6-13-7)5-10-12-9(2,3)4/h6,10H,5H2,1-4H3. The number of aromatic nitrogens is 1. The molecular formula is C9H16N2OS. The van der Waals surface area contributed by atoms with Gasteiger partial charge in [-0.3, -0.25) is 4.84 Å². The van der Waals surface area contributed by atoms with Crippen LogP contribution >= 0.6 is 11.3 Å². The Balaban J connectivity index is 2.28. The van der Waals surface area contributed by atoms with Gasteiger partial charge in [0.05, 0.1) is 22.8 Å². The fourth-order valence-electron chi connectivity index (χ4n) is 0.816. The molecule has 0 unspecified atom stereocenters. The van der Waals surface area contributed by atoms with Crippen molar-refractivity contribution < 1.29 is 4.84 Å². The lowest BCUT2D eigenvalue weighted by Gasteiger charge is -2.18. The number of nitrogens with zero attached hydrogens (tertiary/aromatic N) is 1. The molecule has 0 aliphatic rings. The van der Waals surface area contributed by atoms with Gasteiger partial charge in [0.15, 0.2) is 0 Å². The second-order valence-electron chi connectivity index (χ2n) is 3.89. The topological polar surface area (TPSA) is 34.2 Å². The number of hydrogen-bond acceptors (Lipinski definition) is 4. The van der Waals surface area contributed by atoms with E-state index >= 15 is 0 Å². The van der Waals surface area contributed by atoms with Crippen LogP contribution in [-0.4, -0.2) is 10.6 Å². The molecule has 1 heterocycles. The van der Waals surface area contributed by atoms with Gasteiger partial charge in [-0.2, -0.15) is 5.48 Å². The Hall–Kier alpha value is -0.450. The van der Waals surface area contributed by atoms with E-state index in [0.29, 0.717) is 6.54 Å². The van der Waals surface area contributed by atoms with Crippen molar-refractivity contribution in [3.8, 4) is 0 Å². The summed E-state index contributed by atoms with van der Waals surface area (Å²) in [7, 11) is 0. The quantitative estimate of drug-likeness (QED) is 0.760. The van der Waals surface area contributed by atoms with Crippen molar-refractivity contribution in [1.82, 2.24) is 10.5 Å². The van der Waals surface area contributed by atoms with E-state index in [-0.39, 0.29) is 5.60 Å². The molecule has 1 N–H and O–H groups in total. The molecule has 1 aromatic heterocycles. The molecule has 0 radical (unpaired) electrons. The average molecular weight is 200 g/mol. The van der Waals surface area contributed by atoms with Crippen molar-refractivity contribution in [2.75, 3.05) is 0 Å². The predicted molar refractivity (Wildman–Crippen MR) is 54.5 cm³/mol. The molecule has 0 aromatic carbocycles. The third kappa shape index (κ3) is 4.36. The van der Waals surface area contributed by atoms with Crippen LogP contribution in [0, 0.1) is 6.92 Å². The van der Waals surface area contributed by atoms with E-state index < -0.39 is 0 Å². The molecule has 0 amide bonds. The molecule has 3 nitrogen and oxygen atoms in total. The first-order valence-corrected chi connectivity index (χ1v) is 5.17. The van der Waals surface area contributed by atoms with Gasteiger partial charge in [-0.1, -0.05) is 0 Å². The first-order valence-electron chi connectivity index (χ1n) is 4.29. The average Bonchev–Trinajstić information content (AvgIpc) is 2.33. The number of aryl methyl sites for hydroxylation is 1. The second kappa shape index (κ2) is 4.17. The van der Waals surface area contributed by atoms with E-state index in [2.05, 4.69) is 10.5 Å². The summed E-state index contributed by atoms with van der Waals surface area (Å²) in [6.45, 7) is 8.69. The fourth-order valence-corrected chi connectivity index (χ4v) is 1.43. The highest BCUT2D eigenvalue weighted by atomic mass is 32.1. The van der Waals surface area contributed by atoms with Crippen LogP contribution in [0.2, 0.25) is 0 Å². The maximum Gasteiger partial charge on any atom is 0.0897 e. The van der Waals surface area contributed by atoms with E-state index in [1.54, 1.807) is 11.3 Å². The summed E-state index contributed by atoms with van der Waals surface area (Å²) < 4.78 is 0. The number of hydrogen-bond donors (Lipinski definition) is 1. The van der Waals surface area contributed by atoms with Gasteiger partial charge in [0, 0.05) is 5.38 Å². The van der Waals surface area contributed by atoms with Crippen molar-refractivity contribution in [1.29, 1.82) is 0 Å². The van der Waals surface area contributed by atoms with Crippen LogP contribution in [-0.2, 0) is 11.4 Å². The highest BCUT2D eigenvalue weighted by Crippen LogP contribution is 2.08. The molecule has 74 valence electrons. The molecule has 0 aliphatic heterocycles. The number of nitrogens with one attached hydrogen (secondary N) is 1. The minimum Gasteiger partial charge on any atom is -0.296 e. The Morgan fingerprint density at radius 2 is 2.23 bits per heavy atom. The SMILES string of the molecule is Cc1nc(CNOC(C)(C)C)cs1. The van der Waals surface area contributed by atoms with E-state index in [1.165, 1.54) is 0 Å². The zero-order chi connectivity index (χ0) is 9.90. The van der Waals surface area contributed by atoms with Gasteiger partial charge in [-0.15, -0.1) is 11.3 Å². The Morgan fingerprint density at radius 3 is 2.69 bits per heavy atom. The predicted octanol–water partition coefficient (Wildman–Crippen LogP) is 2.27. The second-order valence-corrected chi connectivity index (χ2v) is 4.96. The van der Waals surface area contributed by atoms with Crippen LogP contribution in [0.25, 0.3) is 0 Å². The van der Waals surface area contributed by atoms with Crippen LogP contribution in [0.1, 0.15) is 31.5 Å². The van der Waals surface area contributed by atoms with Crippen molar-refractivity contribution >= 4 is 11.3 Å². The monoisotopic (exact) mass is 200 g/mol. The third-order valence-electron chi connectivity index (χ3n) is 1.30. The molecule has 1 aromatic rings. The first-order chi connectivity index (χ1) is 5.97. The summed E-state index contributed by atoms with van der Waals surface area (Å²) in [5.74, 6) is 0. The van der Waals surface area contributed by atoms with Crippen molar-refractivity contribution in [2.24, 2.45) is 0 Å². The number of thiazole rings is 1. The van der Waals surface area contributed by atoms with Gasteiger partial charge in [-0.25, -0.2) is 4.98 Å². The van der Waals surface area contributed by atoms with Crippen LogP contribution in [0.15, 0.2) is 5.38 Å². The maximum atomic E-state index is 5.36. The van der Waals surface area contributed by atoms with Crippen molar-refractivity contribution in [2.45, 2.75) is 39.8 Å². The van der Waals surface area contributed by atoms with Gasteiger partial charge < -0.3 is 0 Å². The molecule has 0 aliphatic carbocycles. The van der Waals surface area contributed by atoms with Gasteiger partial charge in [0.25, 0.3) is 0 Å². The summed E-state index contributed by atoms with van der Waals surface area (Å²) >= 11 is 1.66. The van der Waals surface area contributed by atoms with Gasteiger partial charge in [-0.05, 0) is 27.7 Å². The van der Waals surface area contributed by atoms with Gasteiger partial charge >= 0.3 is 0 Å². The minimum atomic E-state index is -0.148. The van der Waals surface area contributed by atoms with E-state index in [0.717, 1.165) is 10.7 Å². The Bertz CT molecular complexity index is 265. The maximum absolute atomic E-state index is 5.36. The zero-order valence-corrected chi connectivity index (χ0v) is 9.36. The van der Waals surface area contributed by atoms with E-state index in [9.17, 15) is 0 Å². The molecular weight excluding hydrogens is 184 g/mol. The lowest BCUT2D eigenvalue weighted by atomic mass is 10.2. The summed E-state index contributed by atoms with van der Waals surface area (Å²) in [6, 6.07) is 0. The molecule has 0 saturated heterocycles. The van der Waals surface area contributed by atoms with Crippen LogP contribution in [0.5, 0.6) is 0 Å². The van der Waals surface area contributed by atoms with Gasteiger partial charge in [0.2, 0.25) is 0 Å². The van der Waals surface area contributed by atoms with Crippen LogP contribution < -0.4 is 5.48 Å². The van der Waals surface area contributed by atoms with Crippen LogP contribution in [0.3, 0.4) is 0 Å². The molecule has 0 spiro atoms. The highest BCUT2D eigenvalue weighted by Gasteiger charge is 2.09. The Morgan fingerprint density at radius 1 is 1.54 bits per heavy atom. The summed E-state index contributed by atoms with van der Waals surface area (Å²) in [5, 5.41) is 3.13. The summed E-state index contributed by atoms with van der Waals surface area (Å²) in [4.78, 5) is 9.66. The molecule has 1 rings (SSSR count). The van der Waals surface area contributed by atoms with Crippen molar-refractivity contribution in [3.63, 3.8) is 0 Å². The number of rotatable bonds is 3. The van der Waals surface area contributed by atoms with E-state index in [4.69, 9.17) is 4.84 Å². The largest absolute Gasteiger partial charge is 0.296 e. The first kappa shape index (κ1) is 10.6. The highest BCUT2D eigenvalue weighted by molar-refractivity contribution is 7.09. The normalized spacial score (nSPS) is 12.0. The minimum absolute atomic E-state index is 0.148. The molecule has 0 atom stereocenters. The van der Waals surface area contributed by atoms with E-state index in [1.807, 2.05) is 33.1 Å². The summed E-state index contributed by atoms with van der Waals surface area (Å²) in [5.41, 5.74) is 3.79. The summed E-state index contributed by atoms with van der Waals surface area (Å²) in [6.07, 6.45) is 0. The number of hydroxylamine groups is 1. The smallest absolute Gasteiger partial charge is 0.0897 e. The lowest BCUT2D eigenvalue weighted by Crippen LogP contribution is -2.28. The molecule has 0 bridgehead atoms. The molecule has 4 heteroatoms. The Kier molecular flexibility index (Phi) is 3.41. The Labute approximate surface area is 83.1 Å². The van der Waals surface area contributed by atoms with Crippen LogP contribution in [0.4, 0.5) is 0 Å². The molecule has 0 fully saturated rings. The van der Waals surface area contributed by atoms with Gasteiger partial charge in [0.1, 0.15) is 0 Å². The molecule has 13 heavy (non-hydrogen) atoms. The fraction of sp³-hybridized carbons (Fsp3) is 0.667. The lowest BCUT2D eigenvalue weighted by molar-refractivity contribution is -0.0760. The third-order valence-corrected chi connectivity index (χ3v) is 2.12.